The normalized spacial score (nSPS) is 8.33. The third kappa shape index (κ3) is 14.7. The van der Waals surface area contributed by atoms with Crippen LogP contribution in [0.5, 0.6) is 0 Å². The zero-order valence-electron chi connectivity index (χ0n) is 12.1. The average Bonchev–Trinajstić information content (AvgIpc) is 2.39. The van der Waals surface area contributed by atoms with E-state index in [4.69, 9.17) is 0 Å². The minimum Gasteiger partial charge on any atom is -0.102 e. The van der Waals surface area contributed by atoms with Crippen LogP contribution in [0, 0.1) is 35.5 Å². The Hall–Kier alpha value is -1.32. The van der Waals surface area contributed by atoms with Gasteiger partial charge in [0.25, 0.3) is 0 Å². The van der Waals surface area contributed by atoms with Crippen LogP contribution in [0.2, 0.25) is 0 Å². The van der Waals surface area contributed by atoms with E-state index in [1.165, 1.54) is 38.5 Å². The quantitative estimate of drug-likeness (QED) is 0.457. The first kappa shape index (κ1) is 16.7. The zero-order chi connectivity index (χ0) is 13.3. The van der Waals surface area contributed by atoms with Gasteiger partial charge >= 0.3 is 0 Å². The van der Waals surface area contributed by atoms with E-state index < -0.39 is 0 Å². The molecule has 0 fully saturated rings. The maximum atomic E-state index is 3.16. The van der Waals surface area contributed by atoms with Crippen LogP contribution < -0.4 is 0 Å². The zero-order valence-corrected chi connectivity index (χ0v) is 12.1. The van der Waals surface area contributed by atoms with E-state index in [2.05, 4.69) is 49.4 Å². The van der Waals surface area contributed by atoms with Crippen molar-refractivity contribution in [2.75, 3.05) is 0 Å². The van der Waals surface area contributed by atoms with Gasteiger partial charge in [0, 0.05) is 12.8 Å². The highest BCUT2D eigenvalue weighted by Gasteiger charge is 1.80. The molecule has 0 amide bonds. The lowest BCUT2D eigenvalue weighted by molar-refractivity contribution is 0.737. The maximum Gasteiger partial charge on any atom is 0.0702 e. The molecule has 0 aliphatic rings. The van der Waals surface area contributed by atoms with E-state index in [9.17, 15) is 0 Å². The van der Waals surface area contributed by atoms with Crippen LogP contribution in [-0.2, 0) is 0 Å². The second-order valence-electron chi connectivity index (χ2n) is 4.33. The molecule has 0 aliphatic heterocycles. The Bertz CT molecular complexity index is 309. The third-order valence-corrected chi connectivity index (χ3v) is 2.54. The maximum absolute atomic E-state index is 3.16. The fourth-order valence-electron chi connectivity index (χ4n) is 1.44. The summed E-state index contributed by atoms with van der Waals surface area (Å²) in [6, 6.07) is 0. The lowest BCUT2D eigenvalue weighted by Crippen LogP contribution is -1.71. The predicted octanol–water partition coefficient (Wildman–Crippen LogP) is 4.94. The summed E-state index contributed by atoms with van der Waals surface area (Å²) >= 11 is 0. The van der Waals surface area contributed by atoms with E-state index in [-0.39, 0.29) is 0 Å². The SMILES string of the molecule is CCCCCC#CCC#CCC#CCCCCC. The van der Waals surface area contributed by atoms with Crippen molar-refractivity contribution in [3.63, 3.8) is 0 Å². The van der Waals surface area contributed by atoms with E-state index in [1.54, 1.807) is 0 Å². The lowest BCUT2D eigenvalue weighted by Gasteiger charge is -1.87. The Morgan fingerprint density at radius 1 is 0.500 bits per heavy atom. The molecule has 0 aromatic carbocycles. The van der Waals surface area contributed by atoms with Gasteiger partial charge in [0.05, 0.1) is 12.8 Å². The van der Waals surface area contributed by atoms with Gasteiger partial charge in [0.2, 0.25) is 0 Å². The summed E-state index contributed by atoms with van der Waals surface area (Å²) in [6.07, 6.45) is 11.0. The minimum atomic E-state index is 0.698. The van der Waals surface area contributed by atoms with Gasteiger partial charge in [0.1, 0.15) is 0 Å². The van der Waals surface area contributed by atoms with Crippen molar-refractivity contribution in [1.29, 1.82) is 0 Å². The van der Waals surface area contributed by atoms with Crippen LogP contribution in [-0.4, -0.2) is 0 Å². The summed E-state index contributed by atoms with van der Waals surface area (Å²) in [5, 5.41) is 0. The summed E-state index contributed by atoms with van der Waals surface area (Å²) in [4.78, 5) is 0. The van der Waals surface area contributed by atoms with Crippen LogP contribution >= 0.6 is 0 Å². The van der Waals surface area contributed by atoms with Crippen LogP contribution in [0.4, 0.5) is 0 Å². The molecule has 0 atom stereocenters. The topological polar surface area (TPSA) is 0 Å². The van der Waals surface area contributed by atoms with Crippen LogP contribution in [0.25, 0.3) is 0 Å². The molecule has 0 aromatic heterocycles. The molecule has 0 nitrogen and oxygen atoms in total. The van der Waals surface area contributed by atoms with E-state index in [0.717, 1.165) is 12.8 Å². The fourth-order valence-corrected chi connectivity index (χ4v) is 1.44. The molecular weight excluding hydrogens is 216 g/mol. The lowest BCUT2D eigenvalue weighted by atomic mass is 10.2. The Morgan fingerprint density at radius 2 is 0.889 bits per heavy atom. The Kier molecular flexibility index (Phi) is 14.5. The van der Waals surface area contributed by atoms with Crippen molar-refractivity contribution >= 4 is 0 Å². The standard InChI is InChI=1S/C18H26/c1-3-5-7-9-11-13-15-17-18-16-14-12-10-8-6-4-2/h3-10,15-16H2,1-2H3. The van der Waals surface area contributed by atoms with Gasteiger partial charge < -0.3 is 0 Å². The van der Waals surface area contributed by atoms with Gasteiger partial charge in [-0.1, -0.05) is 63.2 Å². The van der Waals surface area contributed by atoms with Gasteiger partial charge in [-0.05, 0) is 12.8 Å². The second-order valence-corrected chi connectivity index (χ2v) is 4.33. The molecule has 98 valence electrons. The summed E-state index contributed by atoms with van der Waals surface area (Å²) in [7, 11) is 0. The molecule has 0 saturated heterocycles. The second kappa shape index (κ2) is 15.7. The smallest absolute Gasteiger partial charge is 0.0702 e. The largest absolute Gasteiger partial charge is 0.102 e. The predicted molar refractivity (Wildman–Crippen MR) is 80.8 cm³/mol. The summed E-state index contributed by atoms with van der Waals surface area (Å²) in [5.74, 6) is 18.6. The van der Waals surface area contributed by atoms with Gasteiger partial charge in [0.15, 0.2) is 0 Å². The molecule has 0 spiro atoms. The van der Waals surface area contributed by atoms with Gasteiger partial charge in [-0.25, -0.2) is 0 Å². The van der Waals surface area contributed by atoms with Crippen molar-refractivity contribution in [3.05, 3.63) is 0 Å². The van der Waals surface area contributed by atoms with Crippen LogP contribution in [0.1, 0.15) is 78.1 Å². The van der Waals surface area contributed by atoms with Crippen molar-refractivity contribution < 1.29 is 0 Å². The summed E-state index contributed by atoms with van der Waals surface area (Å²) in [5.41, 5.74) is 0. The number of unbranched alkanes of at least 4 members (excludes halogenated alkanes) is 6. The molecule has 0 bridgehead atoms. The first-order chi connectivity index (χ1) is 8.91. The Balaban J connectivity index is 3.43. The molecule has 0 heterocycles. The average molecular weight is 242 g/mol. The van der Waals surface area contributed by atoms with Gasteiger partial charge in [-0.15, -0.1) is 11.8 Å². The monoisotopic (exact) mass is 242 g/mol. The summed E-state index contributed by atoms with van der Waals surface area (Å²) < 4.78 is 0. The molecule has 0 aliphatic carbocycles. The van der Waals surface area contributed by atoms with E-state index in [1.807, 2.05) is 0 Å². The molecule has 0 N–H and O–H groups in total. The van der Waals surface area contributed by atoms with Crippen molar-refractivity contribution in [1.82, 2.24) is 0 Å². The molecule has 0 rings (SSSR count). The first-order valence-electron chi connectivity index (χ1n) is 7.29. The molecular formula is C18H26. The molecule has 0 aromatic rings. The van der Waals surface area contributed by atoms with Crippen molar-refractivity contribution in [2.45, 2.75) is 78.1 Å². The summed E-state index contributed by atoms with van der Waals surface area (Å²) in [6.45, 7) is 4.42. The minimum absolute atomic E-state index is 0.698. The van der Waals surface area contributed by atoms with Crippen LogP contribution in [0.15, 0.2) is 0 Å². The number of hydrogen-bond acceptors (Lipinski definition) is 0. The molecule has 18 heavy (non-hydrogen) atoms. The van der Waals surface area contributed by atoms with Crippen molar-refractivity contribution in [3.8, 4) is 35.5 Å². The highest BCUT2D eigenvalue weighted by molar-refractivity contribution is 5.16. The Morgan fingerprint density at radius 3 is 1.28 bits per heavy atom. The first-order valence-corrected chi connectivity index (χ1v) is 7.29. The Labute approximate surface area is 114 Å². The number of rotatable bonds is 6. The number of hydrogen-bond donors (Lipinski definition) is 0. The molecule has 0 unspecified atom stereocenters. The highest BCUT2D eigenvalue weighted by atomic mass is 13.9. The van der Waals surface area contributed by atoms with Gasteiger partial charge in [-0.2, -0.15) is 0 Å². The van der Waals surface area contributed by atoms with Crippen LogP contribution in [0.3, 0.4) is 0 Å². The van der Waals surface area contributed by atoms with Gasteiger partial charge in [-0.3, -0.25) is 0 Å². The fraction of sp³-hybridized carbons (Fsp3) is 0.667. The van der Waals surface area contributed by atoms with E-state index >= 15 is 0 Å². The third-order valence-electron chi connectivity index (χ3n) is 2.54. The van der Waals surface area contributed by atoms with Crippen molar-refractivity contribution in [2.24, 2.45) is 0 Å². The van der Waals surface area contributed by atoms with E-state index in [0.29, 0.717) is 12.8 Å². The molecule has 0 radical (unpaired) electrons. The highest BCUT2D eigenvalue weighted by Crippen LogP contribution is 1.97. The molecule has 0 heteroatoms. The molecule has 0 saturated carbocycles.